The minimum absolute atomic E-state index is 0.0953. The Balaban J connectivity index is 1.35. The topological polar surface area (TPSA) is 163 Å². The Morgan fingerprint density at radius 3 is 2.52 bits per heavy atom. The molecule has 3 aromatic carbocycles. The molecule has 46 heavy (non-hydrogen) atoms. The van der Waals surface area contributed by atoms with Gasteiger partial charge in [0.05, 0.1) is 50.1 Å². The van der Waals surface area contributed by atoms with Gasteiger partial charge in [0.1, 0.15) is 6.61 Å². The van der Waals surface area contributed by atoms with E-state index in [9.17, 15) is 19.7 Å². The molecule has 6 rings (SSSR count). The summed E-state index contributed by atoms with van der Waals surface area (Å²) in [5.74, 6) is 0.143. The quantitative estimate of drug-likeness (QED) is 0.0629. The lowest BCUT2D eigenvalue weighted by Gasteiger charge is -2.18. The van der Waals surface area contributed by atoms with E-state index in [0.717, 1.165) is 10.9 Å². The molecule has 238 valence electrons. The molecule has 3 heterocycles. The van der Waals surface area contributed by atoms with Crippen molar-refractivity contribution in [2.45, 2.75) is 12.5 Å². The number of methoxy groups -OCH3 is 3. The lowest BCUT2D eigenvalue weighted by molar-refractivity contribution is -0.390. The van der Waals surface area contributed by atoms with Crippen molar-refractivity contribution in [1.29, 1.82) is 0 Å². The minimum Gasteiger partial charge on any atom is -0.493 e. The fourth-order valence-electron chi connectivity index (χ4n) is 5.96. The zero-order valence-corrected chi connectivity index (χ0v) is 26.0. The number of ketones is 1. The number of ether oxygens (including phenoxy) is 4. The van der Waals surface area contributed by atoms with Crippen LogP contribution in [-0.4, -0.2) is 65.2 Å². The first-order valence-electron chi connectivity index (χ1n) is 14.0. The van der Waals surface area contributed by atoms with E-state index in [4.69, 9.17) is 30.5 Å². The SMILES string of the molecule is COc1cc2cc(C(=O)C3CN(CCl)c4cc(NC(=O)OCc5c([N+](=O)[O-])ncn5C)c5ccccc5c43)[nH]c2c(OC)c1OC. The number of benzene rings is 3. The summed E-state index contributed by atoms with van der Waals surface area (Å²) in [6.07, 6.45) is 0.461. The number of aryl methyl sites for hydroxylation is 1. The normalized spacial score (nSPS) is 13.9. The molecule has 15 heteroatoms. The number of alkyl halides is 1. The van der Waals surface area contributed by atoms with Gasteiger partial charge in [-0.3, -0.25) is 10.1 Å². The minimum atomic E-state index is -0.818. The van der Waals surface area contributed by atoms with Crippen LogP contribution in [0.3, 0.4) is 0 Å². The Kier molecular flexibility index (Phi) is 8.04. The van der Waals surface area contributed by atoms with Crippen LogP contribution in [0.1, 0.15) is 27.7 Å². The van der Waals surface area contributed by atoms with E-state index in [0.29, 0.717) is 57.2 Å². The number of aromatic amines is 1. The largest absolute Gasteiger partial charge is 0.493 e. The molecule has 2 N–H and O–H groups in total. The first-order valence-corrected chi connectivity index (χ1v) is 14.5. The van der Waals surface area contributed by atoms with Gasteiger partial charge in [-0.1, -0.05) is 24.3 Å². The summed E-state index contributed by atoms with van der Waals surface area (Å²) in [6, 6.07) is 12.8. The Labute approximate surface area is 266 Å². The summed E-state index contributed by atoms with van der Waals surface area (Å²) in [4.78, 5) is 46.6. The van der Waals surface area contributed by atoms with Crippen LogP contribution in [0.25, 0.3) is 21.7 Å². The Morgan fingerprint density at radius 1 is 1.11 bits per heavy atom. The maximum atomic E-state index is 14.2. The number of nitro groups is 1. The molecule has 0 spiro atoms. The van der Waals surface area contributed by atoms with E-state index >= 15 is 0 Å². The molecule has 1 aliphatic heterocycles. The van der Waals surface area contributed by atoms with Gasteiger partial charge in [0.25, 0.3) is 0 Å². The molecular weight excluding hydrogens is 620 g/mol. The van der Waals surface area contributed by atoms with Crippen molar-refractivity contribution < 1.29 is 33.5 Å². The average Bonchev–Trinajstić information content (AvgIpc) is 3.77. The van der Waals surface area contributed by atoms with Crippen LogP contribution in [0.15, 0.2) is 48.8 Å². The van der Waals surface area contributed by atoms with Gasteiger partial charge in [-0.15, -0.1) is 11.6 Å². The van der Waals surface area contributed by atoms with Gasteiger partial charge in [-0.05, 0) is 39.1 Å². The highest BCUT2D eigenvalue weighted by molar-refractivity contribution is 6.20. The predicted octanol–water partition coefficient (Wildman–Crippen LogP) is 5.72. The van der Waals surface area contributed by atoms with Gasteiger partial charge in [0.2, 0.25) is 12.1 Å². The molecule has 1 amide bonds. The number of carbonyl (C=O) groups is 2. The molecule has 0 bridgehead atoms. The van der Waals surface area contributed by atoms with Crippen molar-refractivity contribution in [1.82, 2.24) is 14.5 Å². The molecule has 5 aromatic rings. The summed E-state index contributed by atoms with van der Waals surface area (Å²) in [6.45, 7) is -0.0577. The summed E-state index contributed by atoms with van der Waals surface area (Å²) >= 11 is 6.38. The molecule has 0 aliphatic carbocycles. The number of imidazole rings is 1. The number of anilines is 2. The molecule has 0 fully saturated rings. The second-order valence-corrected chi connectivity index (χ2v) is 10.8. The first-order chi connectivity index (χ1) is 22.2. The van der Waals surface area contributed by atoms with Crippen LogP contribution in [0.5, 0.6) is 17.2 Å². The highest BCUT2D eigenvalue weighted by atomic mass is 35.5. The van der Waals surface area contributed by atoms with Gasteiger partial charge in [0, 0.05) is 30.1 Å². The predicted molar refractivity (Wildman–Crippen MR) is 171 cm³/mol. The second kappa shape index (κ2) is 12.1. The second-order valence-electron chi connectivity index (χ2n) is 10.5. The molecule has 0 saturated carbocycles. The first kappa shape index (κ1) is 30.5. The summed E-state index contributed by atoms with van der Waals surface area (Å²) in [5.41, 5.74) is 2.98. The number of carbonyl (C=O) groups excluding carboxylic acids is 2. The molecule has 0 radical (unpaired) electrons. The van der Waals surface area contributed by atoms with Crippen molar-refractivity contribution >= 4 is 62.3 Å². The van der Waals surface area contributed by atoms with Crippen molar-refractivity contribution in [3.05, 3.63) is 75.9 Å². The third-order valence-corrected chi connectivity index (χ3v) is 8.38. The van der Waals surface area contributed by atoms with E-state index in [1.165, 1.54) is 32.2 Å². The number of nitrogens with one attached hydrogen (secondary N) is 2. The van der Waals surface area contributed by atoms with E-state index in [1.54, 1.807) is 25.2 Å². The number of rotatable bonds is 10. The number of halogens is 1. The van der Waals surface area contributed by atoms with E-state index in [-0.39, 0.29) is 24.1 Å². The van der Waals surface area contributed by atoms with Crippen LogP contribution in [0.4, 0.5) is 22.0 Å². The van der Waals surface area contributed by atoms with Crippen molar-refractivity contribution in [2.75, 3.05) is 44.1 Å². The van der Waals surface area contributed by atoms with Crippen molar-refractivity contribution in [3.63, 3.8) is 0 Å². The van der Waals surface area contributed by atoms with Crippen molar-refractivity contribution in [2.24, 2.45) is 7.05 Å². The van der Waals surface area contributed by atoms with E-state index < -0.39 is 22.8 Å². The molecule has 2 aromatic heterocycles. The van der Waals surface area contributed by atoms with Crippen LogP contribution in [0, 0.1) is 10.1 Å². The smallest absolute Gasteiger partial charge is 0.412 e. The zero-order valence-electron chi connectivity index (χ0n) is 25.3. The Hall–Kier alpha value is -5.50. The molecule has 14 nitrogen and oxygen atoms in total. The molecular formula is C31H29ClN6O8. The standard InChI is InChI=1S/C31H29ClN6O8/c1-36-15-33-30(38(41)42)23(36)13-46-31(40)35-20-11-22-25(18-8-6-5-7-17(18)20)19(12-37(22)14-32)27(39)21-9-16-10-24(43-2)28(44-3)29(45-4)26(16)34-21/h5-11,15,19,34H,12-14H2,1-4H3,(H,35,40). The van der Waals surface area contributed by atoms with Gasteiger partial charge in [0.15, 0.2) is 23.0 Å². The van der Waals surface area contributed by atoms with Gasteiger partial charge in [-0.2, -0.15) is 0 Å². The fraction of sp³-hybridized carbons (Fsp3) is 0.258. The fourth-order valence-corrected chi connectivity index (χ4v) is 6.18. The highest BCUT2D eigenvalue weighted by Gasteiger charge is 2.37. The maximum Gasteiger partial charge on any atom is 0.412 e. The third kappa shape index (κ3) is 5.05. The molecule has 1 aliphatic rings. The van der Waals surface area contributed by atoms with Crippen LogP contribution in [0.2, 0.25) is 0 Å². The molecule has 1 unspecified atom stereocenters. The lowest BCUT2D eigenvalue weighted by atomic mass is 9.90. The Morgan fingerprint density at radius 2 is 1.85 bits per heavy atom. The monoisotopic (exact) mass is 648 g/mol. The molecule has 0 saturated heterocycles. The summed E-state index contributed by atoms with van der Waals surface area (Å²) in [7, 11) is 6.13. The third-order valence-electron chi connectivity index (χ3n) is 8.09. The van der Waals surface area contributed by atoms with E-state index in [1.807, 2.05) is 29.2 Å². The summed E-state index contributed by atoms with van der Waals surface area (Å²) in [5, 5.41) is 16.2. The number of amides is 1. The lowest BCUT2D eigenvalue weighted by Crippen LogP contribution is -2.23. The number of hydrogen-bond donors (Lipinski definition) is 2. The number of Topliss-reactive ketones (excluding diaryl/α,β-unsaturated/α-hetero) is 1. The number of H-pyrrole nitrogens is 1. The highest BCUT2D eigenvalue weighted by Crippen LogP contribution is 2.47. The average molecular weight is 649 g/mol. The number of hydrogen-bond acceptors (Lipinski definition) is 10. The van der Waals surface area contributed by atoms with Crippen LogP contribution in [-0.2, 0) is 18.4 Å². The number of fused-ring (bicyclic) bond motifs is 4. The van der Waals surface area contributed by atoms with Gasteiger partial charge < -0.3 is 43.5 Å². The Bertz CT molecular complexity index is 2020. The molecule has 1 atom stereocenters. The van der Waals surface area contributed by atoms with Gasteiger partial charge in [-0.25, -0.2) is 4.79 Å². The number of nitrogens with zero attached hydrogens (tertiary/aromatic N) is 4. The number of aromatic nitrogens is 3. The van der Waals surface area contributed by atoms with Crippen molar-refractivity contribution in [3.8, 4) is 17.2 Å². The summed E-state index contributed by atoms with van der Waals surface area (Å²) < 4.78 is 23.4. The maximum absolute atomic E-state index is 14.2. The van der Waals surface area contributed by atoms with E-state index in [2.05, 4.69) is 15.3 Å². The van der Waals surface area contributed by atoms with Crippen LogP contribution < -0.4 is 24.4 Å². The van der Waals surface area contributed by atoms with Crippen LogP contribution >= 0.6 is 11.6 Å². The zero-order chi connectivity index (χ0) is 32.7. The van der Waals surface area contributed by atoms with Gasteiger partial charge >= 0.3 is 11.9 Å².